The molecule has 0 saturated heterocycles. The fourth-order valence-electron chi connectivity index (χ4n) is 3.33. The molecule has 5 nitrogen and oxygen atoms in total. The second-order valence-electron chi connectivity index (χ2n) is 7.49. The van der Waals surface area contributed by atoms with Crippen molar-refractivity contribution in [2.45, 2.75) is 72.3 Å². The molecule has 0 bridgehead atoms. The van der Waals surface area contributed by atoms with Crippen LogP contribution in [0.4, 0.5) is 5.82 Å². The zero-order chi connectivity index (χ0) is 20.7. The van der Waals surface area contributed by atoms with Crippen LogP contribution in [0.1, 0.15) is 70.6 Å². The van der Waals surface area contributed by atoms with Gasteiger partial charge in [-0.05, 0) is 43.4 Å². The van der Waals surface area contributed by atoms with Crippen LogP contribution in [0.3, 0.4) is 0 Å². The molecule has 2 rings (SSSR count). The van der Waals surface area contributed by atoms with Crippen molar-refractivity contribution in [1.29, 1.82) is 0 Å². The number of hydrogen-bond donors (Lipinski definition) is 1. The van der Waals surface area contributed by atoms with Crippen molar-refractivity contribution >= 4 is 5.82 Å². The molecule has 0 radical (unpaired) electrons. The van der Waals surface area contributed by atoms with E-state index in [0.29, 0.717) is 17.6 Å². The van der Waals surface area contributed by atoms with Crippen LogP contribution in [-0.4, -0.2) is 30.2 Å². The van der Waals surface area contributed by atoms with Crippen LogP contribution in [0.25, 0.3) is 11.3 Å². The third kappa shape index (κ3) is 5.15. The zero-order valence-electron chi connectivity index (χ0n) is 18.4. The summed E-state index contributed by atoms with van der Waals surface area (Å²) >= 11 is 0. The van der Waals surface area contributed by atoms with Crippen molar-refractivity contribution in [3.63, 3.8) is 0 Å². The maximum Gasteiger partial charge on any atom is 0.257 e. The Hall–Kier alpha value is -2.30. The third-order valence-electron chi connectivity index (χ3n) is 4.92. The Morgan fingerprint density at radius 2 is 1.75 bits per heavy atom. The summed E-state index contributed by atoms with van der Waals surface area (Å²) in [4.78, 5) is 9.59. The molecule has 28 heavy (non-hydrogen) atoms. The summed E-state index contributed by atoms with van der Waals surface area (Å²) in [6.07, 6.45) is 4.38. The fraction of sp³-hybridized carbons (Fsp3) is 0.565. The number of nitrogens with zero attached hydrogens (tertiary/aromatic N) is 2. The standard InChI is InChI=1S/C23H35N3O2/c1-8-10-18(11-9-2)28-23-22(24-6)26-21(16(5)25-23)19-13-12-17(15(3)4)14-20(19)27-7/h12-15,18H,8-11H2,1-7H3,(H,24,26). The number of aryl methyl sites for hydroxylation is 1. The molecule has 0 aliphatic rings. The average molecular weight is 386 g/mol. The third-order valence-corrected chi connectivity index (χ3v) is 4.92. The molecular weight excluding hydrogens is 350 g/mol. The summed E-state index contributed by atoms with van der Waals surface area (Å²) in [5.74, 6) is 2.49. The van der Waals surface area contributed by atoms with Gasteiger partial charge in [0.05, 0.1) is 18.5 Å². The molecule has 2 aromatic rings. The first-order valence-corrected chi connectivity index (χ1v) is 10.4. The van der Waals surface area contributed by atoms with E-state index in [4.69, 9.17) is 19.4 Å². The Morgan fingerprint density at radius 3 is 2.29 bits per heavy atom. The normalized spacial score (nSPS) is 11.2. The Bertz CT molecular complexity index is 769. The number of aromatic nitrogens is 2. The maximum absolute atomic E-state index is 6.23. The monoisotopic (exact) mass is 385 g/mol. The SMILES string of the molecule is CCCC(CCC)Oc1nc(C)c(-c2ccc(C(C)C)cc2OC)nc1NC. The van der Waals surface area contributed by atoms with Gasteiger partial charge in [0.25, 0.3) is 5.88 Å². The van der Waals surface area contributed by atoms with E-state index in [0.717, 1.165) is 48.4 Å². The van der Waals surface area contributed by atoms with Crippen molar-refractivity contribution < 1.29 is 9.47 Å². The van der Waals surface area contributed by atoms with E-state index >= 15 is 0 Å². The van der Waals surface area contributed by atoms with E-state index in [1.807, 2.05) is 14.0 Å². The largest absolute Gasteiger partial charge is 0.496 e. The Labute approximate surface area is 169 Å². The summed E-state index contributed by atoms with van der Waals surface area (Å²) in [5.41, 5.74) is 3.82. The van der Waals surface area contributed by atoms with Crippen LogP contribution in [0, 0.1) is 6.92 Å². The summed E-state index contributed by atoms with van der Waals surface area (Å²) in [5, 5.41) is 3.15. The second-order valence-corrected chi connectivity index (χ2v) is 7.49. The van der Waals surface area contributed by atoms with Crippen LogP contribution in [0.5, 0.6) is 11.6 Å². The lowest BCUT2D eigenvalue weighted by atomic mass is 9.99. The minimum Gasteiger partial charge on any atom is -0.496 e. The highest BCUT2D eigenvalue weighted by molar-refractivity contribution is 5.71. The lowest BCUT2D eigenvalue weighted by Crippen LogP contribution is -2.18. The first kappa shape index (κ1) is 22.0. The van der Waals surface area contributed by atoms with Gasteiger partial charge in [0.15, 0.2) is 5.82 Å². The van der Waals surface area contributed by atoms with E-state index in [-0.39, 0.29) is 6.10 Å². The molecule has 0 amide bonds. The Balaban J connectivity index is 2.45. The average Bonchev–Trinajstić information content (AvgIpc) is 2.68. The molecule has 0 spiro atoms. The van der Waals surface area contributed by atoms with Crippen molar-refractivity contribution in [2.75, 3.05) is 19.5 Å². The van der Waals surface area contributed by atoms with Gasteiger partial charge in [0, 0.05) is 12.6 Å². The quantitative estimate of drug-likeness (QED) is 0.546. The van der Waals surface area contributed by atoms with E-state index in [1.54, 1.807) is 7.11 Å². The summed E-state index contributed by atoms with van der Waals surface area (Å²) < 4.78 is 11.9. The molecule has 1 aromatic carbocycles. The highest BCUT2D eigenvalue weighted by atomic mass is 16.5. The van der Waals surface area contributed by atoms with Crippen LogP contribution in [0.15, 0.2) is 18.2 Å². The topological polar surface area (TPSA) is 56.3 Å². The van der Waals surface area contributed by atoms with Crippen LogP contribution < -0.4 is 14.8 Å². The minimum atomic E-state index is 0.168. The molecular formula is C23H35N3O2. The molecule has 0 unspecified atom stereocenters. The molecule has 1 N–H and O–H groups in total. The van der Waals surface area contributed by atoms with Gasteiger partial charge >= 0.3 is 0 Å². The van der Waals surface area contributed by atoms with Crippen molar-refractivity contribution in [1.82, 2.24) is 9.97 Å². The number of anilines is 1. The molecule has 5 heteroatoms. The van der Waals surface area contributed by atoms with Crippen molar-refractivity contribution in [3.05, 3.63) is 29.5 Å². The maximum atomic E-state index is 6.23. The van der Waals surface area contributed by atoms with Crippen LogP contribution >= 0.6 is 0 Å². The fourth-order valence-corrected chi connectivity index (χ4v) is 3.33. The van der Waals surface area contributed by atoms with Crippen LogP contribution in [-0.2, 0) is 0 Å². The molecule has 1 heterocycles. The van der Waals surface area contributed by atoms with Gasteiger partial charge in [0.2, 0.25) is 0 Å². The Morgan fingerprint density at radius 1 is 1.07 bits per heavy atom. The second kappa shape index (κ2) is 10.3. The lowest BCUT2D eigenvalue weighted by Gasteiger charge is -2.20. The summed E-state index contributed by atoms with van der Waals surface area (Å²) in [6, 6.07) is 6.29. The predicted molar refractivity (Wildman–Crippen MR) is 117 cm³/mol. The van der Waals surface area contributed by atoms with Gasteiger partial charge in [-0.2, -0.15) is 0 Å². The van der Waals surface area contributed by atoms with Gasteiger partial charge < -0.3 is 14.8 Å². The van der Waals surface area contributed by atoms with E-state index in [2.05, 4.69) is 51.2 Å². The van der Waals surface area contributed by atoms with Gasteiger partial charge in [-0.1, -0.05) is 46.6 Å². The van der Waals surface area contributed by atoms with Gasteiger partial charge in [-0.3, -0.25) is 0 Å². The van der Waals surface area contributed by atoms with Gasteiger partial charge in [-0.15, -0.1) is 0 Å². The molecule has 0 atom stereocenters. The zero-order valence-corrected chi connectivity index (χ0v) is 18.4. The van der Waals surface area contributed by atoms with Crippen LogP contribution in [0.2, 0.25) is 0 Å². The predicted octanol–water partition coefficient (Wildman–Crippen LogP) is 5.97. The first-order chi connectivity index (χ1) is 13.4. The lowest BCUT2D eigenvalue weighted by molar-refractivity contribution is 0.171. The molecule has 1 aromatic heterocycles. The molecule has 0 saturated carbocycles. The van der Waals surface area contributed by atoms with Gasteiger partial charge in [-0.25, -0.2) is 9.97 Å². The number of hydrogen-bond acceptors (Lipinski definition) is 5. The number of ether oxygens (including phenoxy) is 2. The van der Waals surface area contributed by atoms with Crippen molar-refractivity contribution in [2.24, 2.45) is 0 Å². The van der Waals surface area contributed by atoms with Gasteiger partial charge in [0.1, 0.15) is 11.9 Å². The summed E-state index contributed by atoms with van der Waals surface area (Å²) in [7, 11) is 3.55. The molecule has 0 fully saturated rings. The van der Waals surface area contributed by atoms with Crippen molar-refractivity contribution in [3.8, 4) is 22.9 Å². The highest BCUT2D eigenvalue weighted by Gasteiger charge is 2.19. The molecule has 0 aliphatic carbocycles. The molecule has 154 valence electrons. The number of benzene rings is 1. The Kier molecular flexibility index (Phi) is 8.09. The first-order valence-electron chi connectivity index (χ1n) is 10.4. The van der Waals surface area contributed by atoms with E-state index in [9.17, 15) is 0 Å². The number of rotatable bonds is 10. The smallest absolute Gasteiger partial charge is 0.257 e. The van der Waals surface area contributed by atoms with E-state index < -0.39 is 0 Å². The number of methoxy groups -OCH3 is 1. The summed E-state index contributed by atoms with van der Waals surface area (Å²) in [6.45, 7) is 10.7. The van der Waals surface area contributed by atoms with E-state index in [1.165, 1.54) is 5.56 Å². The minimum absolute atomic E-state index is 0.168. The number of nitrogens with one attached hydrogen (secondary N) is 1. The molecule has 0 aliphatic heterocycles. The highest BCUT2D eigenvalue weighted by Crippen LogP contribution is 2.35.